The van der Waals surface area contributed by atoms with Gasteiger partial charge in [-0.3, -0.25) is 4.55 Å². The number of rotatable bonds is 13. The molecule has 1 unspecified atom stereocenters. The van der Waals surface area contributed by atoms with Gasteiger partial charge >= 0.3 is 5.97 Å². The van der Waals surface area contributed by atoms with E-state index in [0.29, 0.717) is 6.42 Å². The molecule has 27 heavy (non-hydrogen) atoms. The third-order valence-corrected chi connectivity index (χ3v) is 6.82. The van der Waals surface area contributed by atoms with Crippen LogP contribution >= 0.6 is 0 Å². The number of hydrogen-bond acceptors (Lipinski definition) is 4. The molecule has 0 fully saturated rings. The van der Waals surface area contributed by atoms with Gasteiger partial charge in [-0.25, -0.2) is 4.79 Å². The van der Waals surface area contributed by atoms with Crippen molar-refractivity contribution in [3.8, 4) is 0 Å². The molecule has 1 aliphatic carbocycles. The van der Waals surface area contributed by atoms with Crippen molar-refractivity contribution in [3.05, 3.63) is 23.0 Å². The lowest BCUT2D eigenvalue weighted by atomic mass is 9.85. The molecule has 0 bridgehead atoms. The second kappa shape index (κ2) is 10.9. The number of carboxylic acid groups (broad SMARTS) is 1. The Morgan fingerprint density at radius 2 is 1.52 bits per heavy atom. The van der Waals surface area contributed by atoms with Gasteiger partial charge < -0.3 is 10.2 Å². The summed E-state index contributed by atoms with van der Waals surface area (Å²) in [7, 11) is -4.51. The molecule has 0 saturated carbocycles. The second-order valence-corrected chi connectivity index (χ2v) is 9.40. The van der Waals surface area contributed by atoms with Crippen molar-refractivity contribution in [1.82, 2.24) is 0 Å². The first-order valence-electron chi connectivity index (χ1n) is 9.97. The number of aliphatic hydroxyl groups is 1. The summed E-state index contributed by atoms with van der Waals surface area (Å²) in [6, 6.07) is 0. The SMILES string of the molecule is CCCCCCCCCCCCC1(S(=O)(=O)O)C=C(C(=O)O)C(O)=C(C)C1. The zero-order chi connectivity index (χ0) is 20.5. The molecule has 1 atom stereocenters. The number of aliphatic carboxylic acids is 1. The van der Waals surface area contributed by atoms with Crippen molar-refractivity contribution in [2.45, 2.75) is 95.6 Å². The average Bonchev–Trinajstić information content (AvgIpc) is 2.58. The number of unbranched alkanes of at least 4 members (excludes halogenated alkanes) is 9. The molecule has 0 amide bonds. The maximum Gasteiger partial charge on any atom is 0.339 e. The fourth-order valence-electron chi connectivity index (χ4n) is 3.67. The highest BCUT2D eigenvalue weighted by Gasteiger charge is 2.45. The van der Waals surface area contributed by atoms with E-state index in [-0.39, 0.29) is 18.4 Å². The van der Waals surface area contributed by atoms with E-state index in [2.05, 4.69) is 6.92 Å². The first-order chi connectivity index (χ1) is 12.6. The van der Waals surface area contributed by atoms with Crippen molar-refractivity contribution >= 4 is 16.1 Å². The largest absolute Gasteiger partial charge is 0.507 e. The Morgan fingerprint density at radius 3 is 1.96 bits per heavy atom. The molecule has 0 saturated heterocycles. The smallest absolute Gasteiger partial charge is 0.339 e. The minimum Gasteiger partial charge on any atom is -0.507 e. The van der Waals surface area contributed by atoms with Crippen LogP contribution in [-0.2, 0) is 14.9 Å². The fourth-order valence-corrected chi connectivity index (χ4v) is 4.74. The Morgan fingerprint density at radius 1 is 1.04 bits per heavy atom. The number of hydrogen-bond donors (Lipinski definition) is 3. The molecule has 1 rings (SSSR count). The quantitative estimate of drug-likeness (QED) is 0.289. The number of carboxylic acids is 1. The van der Waals surface area contributed by atoms with Crippen LogP contribution in [-0.4, -0.2) is 33.9 Å². The van der Waals surface area contributed by atoms with E-state index in [1.165, 1.54) is 45.4 Å². The molecular weight excluding hydrogens is 368 g/mol. The standard InChI is InChI=1S/C20H34O6S/c1-3-4-5-6-7-8-9-10-11-12-13-20(27(24,25)26)14-16(2)18(21)17(15-20)19(22)23/h15,21H,3-14H2,1-2H3,(H,22,23)(H,24,25,26). The van der Waals surface area contributed by atoms with Gasteiger partial charge in [0.15, 0.2) is 0 Å². The summed E-state index contributed by atoms with van der Waals surface area (Å²) in [5.74, 6) is -1.81. The third-order valence-electron chi connectivity index (χ3n) is 5.33. The highest BCUT2D eigenvalue weighted by Crippen LogP contribution is 2.39. The van der Waals surface area contributed by atoms with Crippen molar-refractivity contribution in [2.24, 2.45) is 0 Å². The number of allylic oxidation sites excluding steroid dienone is 1. The van der Waals surface area contributed by atoms with Crippen LogP contribution in [0.2, 0.25) is 0 Å². The Hall–Kier alpha value is -1.34. The average molecular weight is 403 g/mol. The summed E-state index contributed by atoms with van der Waals surface area (Å²) in [5.41, 5.74) is -0.192. The van der Waals surface area contributed by atoms with Gasteiger partial charge in [-0.2, -0.15) is 8.42 Å². The number of aliphatic hydroxyl groups excluding tert-OH is 1. The van der Waals surface area contributed by atoms with Crippen LogP contribution in [0.3, 0.4) is 0 Å². The van der Waals surface area contributed by atoms with Crippen molar-refractivity contribution in [3.63, 3.8) is 0 Å². The first-order valence-corrected chi connectivity index (χ1v) is 11.4. The number of carbonyl (C=O) groups is 1. The summed E-state index contributed by atoms with van der Waals surface area (Å²) in [4.78, 5) is 11.3. The monoisotopic (exact) mass is 402 g/mol. The molecule has 0 aromatic heterocycles. The molecule has 3 N–H and O–H groups in total. The molecule has 0 spiro atoms. The maximum absolute atomic E-state index is 12.0. The van der Waals surface area contributed by atoms with Gasteiger partial charge in [0.2, 0.25) is 0 Å². The maximum atomic E-state index is 12.0. The zero-order valence-electron chi connectivity index (χ0n) is 16.5. The molecular formula is C20H34O6S. The van der Waals surface area contributed by atoms with Gasteiger partial charge in [-0.1, -0.05) is 71.1 Å². The molecule has 0 aliphatic heterocycles. The van der Waals surface area contributed by atoms with Gasteiger partial charge in [-0.05, 0) is 31.4 Å². The van der Waals surface area contributed by atoms with E-state index in [0.717, 1.165) is 25.3 Å². The highest BCUT2D eigenvalue weighted by atomic mass is 32.2. The van der Waals surface area contributed by atoms with E-state index in [1.807, 2.05) is 0 Å². The summed E-state index contributed by atoms with van der Waals surface area (Å²) in [6.45, 7) is 3.68. The molecule has 7 heteroatoms. The summed E-state index contributed by atoms with van der Waals surface area (Å²) in [6.07, 6.45) is 12.0. The molecule has 0 aromatic rings. The molecule has 0 aromatic carbocycles. The van der Waals surface area contributed by atoms with Gasteiger partial charge in [0, 0.05) is 0 Å². The van der Waals surface area contributed by atoms with E-state index in [4.69, 9.17) is 0 Å². The van der Waals surface area contributed by atoms with Crippen LogP contribution in [0.25, 0.3) is 0 Å². The Labute approximate surface area is 163 Å². The molecule has 6 nitrogen and oxygen atoms in total. The normalized spacial score (nSPS) is 20.6. The summed E-state index contributed by atoms with van der Waals surface area (Å²) < 4.78 is 32.2. The molecule has 1 aliphatic rings. The molecule has 0 radical (unpaired) electrons. The minimum atomic E-state index is -4.51. The summed E-state index contributed by atoms with van der Waals surface area (Å²) >= 11 is 0. The van der Waals surface area contributed by atoms with E-state index in [1.54, 1.807) is 0 Å². The van der Waals surface area contributed by atoms with Gasteiger partial charge in [0.05, 0.1) is 5.57 Å². The summed E-state index contributed by atoms with van der Waals surface area (Å²) in [5, 5.41) is 19.1. The zero-order valence-corrected chi connectivity index (χ0v) is 17.4. The highest BCUT2D eigenvalue weighted by molar-refractivity contribution is 7.87. The van der Waals surface area contributed by atoms with E-state index in [9.17, 15) is 28.0 Å². The first kappa shape index (κ1) is 23.7. The van der Waals surface area contributed by atoms with Gasteiger partial charge in [0.25, 0.3) is 10.1 Å². The van der Waals surface area contributed by atoms with Gasteiger partial charge in [-0.15, -0.1) is 0 Å². The fraction of sp³-hybridized carbons (Fsp3) is 0.750. The minimum absolute atomic E-state index is 0.0914. The van der Waals surface area contributed by atoms with Crippen LogP contribution in [0.4, 0.5) is 0 Å². The van der Waals surface area contributed by atoms with Crippen LogP contribution in [0.15, 0.2) is 23.0 Å². The van der Waals surface area contributed by atoms with Crippen LogP contribution in [0.1, 0.15) is 90.9 Å². The Kier molecular flexibility index (Phi) is 9.53. The predicted molar refractivity (Wildman–Crippen MR) is 106 cm³/mol. The van der Waals surface area contributed by atoms with Gasteiger partial charge in [0.1, 0.15) is 10.5 Å². The lowest BCUT2D eigenvalue weighted by Crippen LogP contribution is -2.40. The lowest BCUT2D eigenvalue weighted by Gasteiger charge is -2.32. The molecule has 156 valence electrons. The predicted octanol–water partition coefficient (Wildman–Crippen LogP) is 5.17. The van der Waals surface area contributed by atoms with E-state index < -0.39 is 32.2 Å². The lowest BCUT2D eigenvalue weighted by molar-refractivity contribution is -0.132. The third kappa shape index (κ3) is 6.96. The topological polar surface area (TPSA) is 112 Å². The van der Waals surface area contributed by atoms with Crippen molar-refractivity contribution in [2.75, 3.05) is 0 Å². The van der Waals surface area contributed by atoms with Crippen LogP contribution in [0.5, 0.6) is 0 Å². The second-order valence-electron chi connectivity index (χ2n) is 7.64. The van der Waals surface area contributed by atoms with Crippen LogP contribution in [0, 0.1) is 0 Å². The van der Waals surface area contributed by atoms with Crippen molar-refractivity contribution < 1.29 is 28.0 Å². The van der Waals surface area contributed by atoms with E-state index >= 15 is 0 Å². The Balaban J connectivity index is 2.58. The molecule has 0 heterocycles. The van der Waals surface area contributed by atoms with Crippen molar-refractivity contribution in [1.29, 1.82) is 0 Å². The van der Waals surface area contributed by atoms with Crippen LogP contribution < -0.4 is 0 Å². The Bertz CT molecular complexity index is 662.